The summed E-state index contributed by atoms with van der Waals surface area (Å²) in [7, 11) is 0. The SMILES string of the molecule is CC(N)c1nnc(-c2ccoc2Br)o1. The topological polar surface area (TPSA) is 78.1 Å². The van der Waals surface area contributed by atoms with Crippen LogP contribution in [0.15, 0.2) is 25.8 Å². The van der Waals surface area contributed by atoms with Gasteiger partial charge < -0.3 is 14.6 Å². The number of nitrogens with two attached hydrogens (primary N) is 1. The summed E-state index contributed by atoms with van der Waals surface area (Å²) in [6.07, 6.45) is 1.54. The Kier molecular flexibility index (Phi) is 2.39. The van der Waals surface area contributed by atoms with Crippen LogP contribution in [-0.2, 0) is 0 Å². The fourth-order valence-electron chi connectivity index (χ4n) is 0.974. The second kappa shape index (κ2) is 3.55. The van der Waals surface area contributed by atoms with Crippen molar-refractivity contribution < 1.29 is 8.83 Å². The highest BCUT2D eigenvalue weighted by atomic mass is 79.9. The molecule has 14 heavy (non-hydrogen) atoms. The molecule has 1 unspecified atom stereocenters. The first-order valence-electron chi connectivity index (χ1n) is 4.01. The highest BCUT2D eigenvalue weighted by Crippen LogP contribution is 2.28. The fourth-order valence-corrected chi connectivity index (χ4v) is 1.38. The van der Waals surface area contributed by atoms with Crippen LogP contribution < -0.4 is 5.73 Å². The van der Waals surface area contributed by atoms with Gasteiger partial charge in [0.1, 0.15) is 0 Å². The van der Waals surface area contributed by atoms with E-state index >= 15 is 0 Å². The third kappa shape index (κ3) is 1.58. The molecule has 0 aliphatic heterocycles. The first-order chi connectivity index (χ1) is 6.68. The molecule has 2 rings (SSSR count). The molecule has 0 aromatic carbocycles. The molecule has 0 radical (unpaired) electrons. The molecule has 2 N–H and O–H groups in total. The Bertz CT molecular complexity index is 435. The van der Waals surface area contributed by atoms with Crippen LogP contribution in [0.2, 0.25) is 0 Å². The van der Waals surface area contributed by atoms with E-state index < -0.39 is 0 Å². The number of halogens is 1. The molecule has 0 bridgehead atoms. The van der Waals surface area contributed by atoms with Crippen molar-refractivity contribution in [2.24, 2.45) is 5.73 Å². The Balaban J connectivity index is 2.39. The molecule has 0 saturated carbocycles. The molecule has 2 aromatic heterocycles. The van der Waals surface area contributed by atoms with Gasteiger partial charge in [0.15, 0.2) is 4.67 Å². The maximum absolute atomic E-state index is 5.59. The van der Waals surface area contributed by atoms with Crippen LogP contribution in [0.3, 0.4) is 0 Å². The van der Waals surface area contributed by atoms with Gasteiger partial charge in [-0.25, -0.2) is 0 Å². The van der Waals surface area contributed by atoms with Crippen LogP contribution in [0, 0.1) is 0 Å². The lowest BCUT2D eigenvalue weighted by Gasteiger charge is -1.94. The van der Waals surface area contributed by atoms with Crippen molar-refractivity contribution in [1.29, 1.82) is 0 Å². The van der Waals surface area contributed by atoms with Crippen LogP contribution in [-0.4, -0.2) is 10.2 Å². The van der Waals surface area contributed by atoms with E-state index in [2.05, 4.69) is 26.1 Å². The third-order valence-corrected chi connectivity index (χ3v) is 2.29. The Morgan fingerprint density at radius 2 is 2.29 bits per heavy atom. The molecular weight excluding hydrogens is 250 g/mol. The number of aromatic nitrogens is 2. The maximum atomic E-state index is 5.59. The highest BCUT2D eigenvalue weighted by Gasteiger charge is 2.15. The Morgan fingerprint density at radius 3 is 2.79 bits per heavy atom. The van der Waals surface area contributed by atoms with Gasteiger partial charge in [0.2, 0.25) is 5.89 Å². The van der Waals surface area contributed by atoms with Gasteiger partial charge in [-0.1, -0.05) is 0 Å². The van der Waals surface area contributed by atoms with E-state index in [1.807, 2.05) is 0 Å². The number of rotatable bonds is 2. The van der Waals surface area contributed by atoms with E-state index in [4.69, 9.17) is 14.6 Å². The second-order valence-corrected chi connectivity index (χ2v) is 3.56. The zero-order chi connectivity index (χ0) is 10.1. The summed E-state index contributed by atoms with van der Waals surface area (Å²) in [5.41, 5.74) is 6.31. The summed E-state index contributed by atoms with van der Waals surface area (Å²) in [5.74, 6) is 0.811. The first-order valence-corrected chi connectivity index (χ1v) is 4.80. The summed E-state index contributed by atoms with van der Waals surface area (Å²) in [4.78, 5) is 0. The molecule has 2 aromatic rings. The molecule has 0 saturated heterocycles. The lowest BCUT2D eigenvalue weighted by atomic mass is 10.3. The molecule has 2 heterocycles. The minimum atomic E-state index is -0.262. The van der Waals surface area contributed by atoms with Crippen molar-refractivity contribution in [3.05, 3.63) is 22.9 Å². The van der Waals surface area contributed by atoms with Crippen LogP contribution in [0.4, 0.5) is 0 Å². The highest BCUT2D eigenvalue weighted by molar-refractivity contribution is 9.10. The van der Waals surface area contributed by atoms with E-state index in [-0.39, 0.29) is 6.04 Å². The van der Waals surface area contributed by atoms with Gasteiger partial charge in [0.05, 0.1) is 17.9 Å². The van der Waals surface area contributed by atoms with Gasteiger partial charge in [-0.05, 0) is 28.9 Å². The monoisotopic (exact) mass is 257 g/mol. The van der Waals surface area contributed by atoms with Crippen molar-refractivity contribution in [2.45, 2.75) is 13.0 Å². The number of hydrogen-bond donors (Lipinski definition) is 1. The summed E-state index contributed by atoms with van der Waals surface area (Å²) >= 11 is 3.22. The molecule has 1 atom stereocenters. The maximum Gasteiger partial charge on any atom is 0.252 e. The van der Waals surface area contributed by atoms with Crippen molar-refractivity contribution in [3.63, 3.8) is 0 Å². The summed E-state index contributed by atoms with van der Waals surface area (Å²) in [6.45, 7) is 1.78. The number of furan rings is 1. The summed E-state index contributed by atoms with van der Waals surface area (Å²) in [5, 5.41) is 7.66. The Labute approximate surface area is 88.4 Å². The average molecular weight is 258 g/mol. The zero-order valence-corrected chi connectivity index (χ0v) is 8.98. The average Bonchev–Trinajstić information content (AvgIpc) is 2.71. The van der Waals surface area contributed by atoms with Crippen LogP contribution in [0.1, 0.15) is 18.9 Å². The normalized spacial score (nSPS) is 13.1. The molecule has 0 aliphatic rings. The summed E-state index contributed by atoms with van der Waals surface area (Å²) in [6, 6.07) is 1.48. The van der Waals surface area contributed by atoms with E-state index in [1.165, 1.54) is 6.26 Å². The molecule has 0 fully saturated rings. The minimum Gasteiger partial charge on any atom is -0.457 e. The molecule has 5 nitrogen and oxygen atoms in total. The lowest BCUT2D eigenvalue weighted by Crippen LogP contribution is -2.04. The number of hydrogen-bond acceptors (Lipinski definition) is 5. The minimum absolute atomic E-state index is 0.262. The van der Waals surface area contributed by atoms with Crippen LogP contribution >= 0.6 is 15.9 Å². The standard InChI is InChI=1S/C8H8BrN3O2/c1-4(10)7-11-12-8(14-7)5-2-3-13-6(5)9/h2-4H,10H2,1H3. The zero-order valence-electron chi connectivity index (χ0n) is 7.40. The van der Waals surface area contributed by atoms with Gasteiger partial charge in [-0.3, -0.25) is 0 Å². The number of nitrogens with zero attached hydrogens (tertiary/aromatic N) is 2. The molecule has 0 aliphatic carbocycles. The quantitative estimate of drug-likeness (QED) is 0.892. The fraction of sp³-hybridized carbons (Fsp3) is 0.250. The lowest BCUT2D eigenvalue weighted by molar-refractivity contribution is 0.471. The summed E-state index contributed by atoms with van der Waals surface area (Å²) < 4.78 is 10.9. The second-order valence-electron chi connectivity index (χ2n) is 2.84. The van der Waals surface area contributed by atoms with Crippen molar-refractivity contribution in [1.82, 2.24) is 10.2 Å². The van der Waals surface area contributed by atoms with E-state index in [0.717, 1.165) is 5.56 Å². The molecule has 74 valence electrons. The van der Waals surface area contributed by atoms with Gasteiger partial charge in [-0.2, -0.15) is 0 Å². The smallest absolute Gasteiger partial charge is 0.252 e. The van der Waals surface area contributed by atoms with Gasteiger partial charge in [-0.15, -0.1) is 10.2 Å². The largest absolute Gasteiger partial charge is 0.457 e. The van der Waals surface area contributed by atoms with E-state index in [0.29, 0.717) is 16.5 Å². The van der Waals surface area contributed by atoms with E-state index in [1.54, 1.807) is 13.0 Å². The van der Waals surface area contributed by atoms with Crippen molar-refractivity contribution >= 4 is 15.9 Å². The van der Waals surface area contributed by atoms with Crippen molar-refractivity contribution in [2.75, 3.05) is 0 Å². The molecular formula is C8H8BrN3O2. The van der Waals surface area contributed by atoms with Crippen LogP contribution in [0.5, 0.6) is 0 Å². The third-order valence-electron chi connectivity index (χ3n) is 1.68. The Morgan fingerprint density at radius 1 is 1.50 bits per heavy atom. The first kappa shape index (κ1) is 9.42. The van der Waals surface area contributed by atoms with Gasteiger partial charge in [0, 0.05) is 0 Å². The Hall–Kier alpha value is -1.14. The predicted octanol–water partition coefficient (Wildman–Crippen LogP) is 2.11. The van der Waals surface area contributed by atoms with Gasteiger partial charge in [0.25, 0.3) is 5.89 Å². The molecule has 0 spiro atoms. The molecule has 6 heteroatoms. The van der Waals surface area contributed by atoms with Crippen molar-refractivity contribution in [3.8, 4) is 11.5 Å². The predicted molar refractivity (Wildman–Crippen MR) is 52.3 cm³/mol. The van der Waals surface area contributed by atoms with E-state index in [9.17, 15) is 0 Å². The van der Waals surface area contributed by atoms with Crippen LogP contribution in [0.25, 0.3) is 11.5 Å². The van der Waals surface area contributed by atoms with Gasteiger partial charge >= 0.3 is 0 Å². The molecule has 0 amide bonds.